The summed E-state index contributed by atoms with van der Waals surface area (Å²) in [6.07, 6.45) is 3.82. The summed E-state index contributed by atoms with van der Waals surface area (Å²) >= 11 is 0. The molecule has 134 valence electrons. The fraction of sp³-hybridized carbons (Fsp3) is 0.389. The lowest BCUT2D eigenvalue weighted by molar-refractivity contribution is 0.0938. The molecular formula is C18H22N2O4S. The molecule has 3 rings (SSSR count). The minimum atomic E-state index is -3.20. The van der Waals surface area contributed by atoms with Crippen LogP contribution in [0, 0.1) is 0 Å². The average Bonchev–Trinajstić information content (AvgIpc) is 3.22. The van der Waals surface area contributed by atoms with Crippen molar-refractivity contribution in [3.63, 3.8) is 0 Å². The maximum Gasteiger partial charge on any atom is 0.251 e. The number of aryl methyl sites for hydroxylation is 1. The third-order valence-electron chi connectivity index (χ3n) is 4.30. The largest absolute Gasteiger partial charge is 0.469 e. The second-order valence-electron chi connectivity index (χ2n) is 6.28. The van der Waals surface area contributed by atoms with Crippen LogP contribution >= 0.6 is 0 Å². The monoisotopic (exact) mass is 362 g/mol. The average molecular weight is 362 g/mol. The molecule has 1 aliphatic rings. The minimum absolute atomic E-state index is 0.0104. The van der Waals surface area contributed by atoms with E-state index in [1.807, 2.05) is 19.1 Å². The fourth-order valence-electron chi connectivity index (χ4n) is 2.90. The smallest absolute Gasteiger partial charge is 0.251 e. The predicted molar refractivity (Wildman–Crippen MR) is 96.1 cm³/mol. The van der Waals surface area contributed by atoms with Gasteiger partial charge in [0.1, 0.15) is 5.76 Å². The van der Waals surface area contributed by atoms with Crippen LogP contribution in [0.3, 0.4) is 0 Å². The maximum atomic E-state index is 12.3. The molecule has 1 saturated heterocycles. The molecular weight excluding hydrogens is 340 g/mol. The molecule has 1 N–H and O–H groups in total. The molecule has 2 heterocycles. The zero-order chi connectivity index (χ0) is 17.9. The zero-order valence-electron chi connectivity index (χ0n) is 14.1. The van der Waals surface area contributed by atoms with E-state index in [-0.39, 0.29) is 17.7 Å². The number of rotatable bonds is 6. The van der Waals surface area contributed by atoms with Crippen LogP contribution in [0.2, 0.25) is 0 Å². The molecule has 0 aliphatic carbocycles. The standard InChI is InChI=1S/C18H22N2O4S/c1-14(5-10-17-4-2-12-24-17)19-18(21)15-6-8-16(9-7-15)20-11-3-13-25(20,22)23/h2,4,6-9,12,14H,3,5,10-11,13H2,1H3,(H,19,21). The predicted octanol–water partition coefficient (Wildman–Crippen LogP) is 2.57. The molecule has 1 fully saturated rings. The number of benzene rings is 1. The van der Waals surface area contributed by atoms with Crippen LogP contribution in [0.1, 0.15) is 35.9 Å². The van der Waals surface area contributed by atoms with Crippen LogP contribution in [0.25, 0.3) is 0 Å². The van der Waals surface area contributed by atoms with Gasteiger partial charge in [-0.15, -0.1) is 0 Å². The number of hydrogen-bond donors (Lipinski definition) is 1. The molecule has 0 saturated carbocycles. The van der Waals surface area contributed by atoms with E-state index in [2.05, 4.69) is 5.32 Å². The van der Waals surface area contributed by atoms with Crippen LogP contribution in [0.4, 0.5) is 5.69 Å². The fourth-order valence-corrected chi connectivity index (χ4v) is 4.47. The Hall–Kier alpha value is -2.28. The van der Waals surface area contributed by atoms with Crippen molar-refractivity contribution in [2.45, 2.75) is 32.2 Å². The minimum Gasteiger partial charge on any atom is -0.469 e. The highest BCUT2D eigenvalue weighted by Crippen LogP contribution is 2.24. The number of carbonyl (C=O) groups excluding carboxylic acids is 1. The van der Waals surface area contributed by atoms with Crippen LogP contribution < -0.4 is 9.62 Å². The SMILES string of the molecule is CC(CCc1ccco1)NC(=O)c1ccc(N2CCCS2(=O)=O)cc1. The number of anilines is 1. The Kier molecular flexibility index (Phi) is 5.13. The van der Waals surface area contributed by atoms with Crippen molar-refractivity contribution in [2.75, 3.05) is 16.6 Å². The van der Waals surface area contributed by atoms with Crippen molar-refractivity contribution in [3.8, 4) is 0 Å². The van der Waals surface area contributed by atoms with E-state index in [0.29, 0.717) is 24.2 Å². The summed E-state index contributed by atoms with van der Waals surface area (Å²) < 4.78 is 30.6. The van der Waals surface area contributed by atoms with Gasteiger partial charge < -0.3 is 9.73 Å². The van der Waals surface area contributed by atoms with Gasteiger partial charge in [0.05, 0.1) is 17.7 Å². The third-order valence-corrected chi connectivity index (χ3v) is 6.17. The van der Waals surface area contributed by atoms with Gasteiger partial charge >= 0.3 is 0 Å². The second kappa shape index (κ2) is 7.31. The van der Waals surface area contributed by atoms with Gasteiger partial charge in [-0.3, -0.25) is 9.10 Å². The van der Waals surface area contributed by atoms with E-state index in [4.69, 9.17) is 4.42 Å². The number of sulfonamides is 1. The highest BCUT2D eigenvalue weighted by Gasteiger charge is 2.28. The van der Waals surface area contributed by atoms with Gasteiger partial charge in [0.15, 0.2) is 0 Å². The third kappa shape index (κ3) is 4.22. The normalized spacial score (nSPS) is 17.4. The zero-order valence-corrected chi connectivity index (χ0v) is 15.0. The first-order valence-corrected chi connectivity index (χ1v) is 10.0. The number of hydrogen-bond acceptors (Lipinski definition) is 4. The van der Waals surface area contributed by atoms with Gasteiger partial charge in [-0.1, -0.05) is 0 Å². The van der Waals surface area contributed by atoms with Crippen molar-refractivity contribution >= 4 is 21.6 Å². The van der Waals surface area contributed by atoms with Gasteiger partial charge in [-0.2, -0.15) is 0 Å². The molecule has 2 aromatic rings. The van der Waals surface area contributed by atoms with E-state index >= 15 is 0 Å². The summed E-state index contributed by atoms with van der Waals surface area (Å²) in [4.78, 5) is 12.3. The molecule has 0 bridgehead atoms. The number of carbonyl (C=O) groups is 1. The van der Waals surface area contributed by atoms with Gasteiger partial charge in [-0.05, 0) is 56.2 Å². The molecule has 1 unspecified atom stereocenters. The summed E-state index contributed by atoms with van der Waals surface area (Å²) in [6, 6.07) is 10.5. The van der Waals surface area contributed by atoms with Crippen molar-refractivity contribution < 1.29 is 17.6 Å². The van der Waals surface area contributed by atoms with Crippen LogP contribution in [0.15, 0.2) is 47.1 Å². The summed E-state index contributed by atoms with van der Waals surface area (Å²) in [5.74, 6) is 0.919. The molecule has 0 radical (unpaired) electrons. The topological polar surface area (TPSA) is 79.6 Å². The Labute approximate surface area is 147 Å². The summed E-state index contributed by atoms with van der Waals surface area (Å²) in [5.41, 5.74) is 1.13. The molecule has 1 aromatic heterocycles. The lowest BCUT2D eigenvalue weighted by atomic mass is 10.1. The van der Waals surface area contributed by atoms with E-state index in [0.717, 1.165) is 18.6 Å². The first-order chi connectivity index (χ1) is 12.0. The number of amides is 1. The Bertz CT molecular complexity index is 813. The summed E-state index contributed by atoms with van der Waals surface area (Å²) in [5, 5.41) is 2.95. The van der Waals surface area contributed by atoms with Crippen LogP contribution in [0.5, 0.6) is 0 Å². The quantitative estimate of drug-likeness (QED) is 0.856. The Morgan fingerprint density at radius 2 is 2.04 bits per heavy atom. The Balaban J connectivity index is 1.57. The molecule has 0 spiro atoms. The summed E-state index contributed by atoms with van der Waals surface area (Å²) in [6.45, 7) is 2.45. The van der Waals surface area contributed by atoms with E-state index < -0.39 is 10.0 Å². The van der Waals surface area contributed by atoms with E-state index in [1.54, 1.807) is 30.5 Å². The van der Waals surface area contributed by atoms with Crippen molar-refractivity contribution in [2.24, 2.45) is 0 Å². The van der Waals surface area contributed by atoms with Crippen molar-refractivity contribution in [1.29, 1.82) is 0 Å². The number of furan rings is 1. The molecule has 1 amide bonds. The second-order valence-corrected chi connectivity index (χ2v) is 8.29. The molecule has 7 heteroatoms. The summed E-state index contributed by atoms with van der Waals surface area (Å²) in [7, 11) is -3.20. The molecule has 6 nitrogen and oxygen atoms in total. The Morgan fingerprint density at radius 3 is 2.64 bits per heavy atom. The molecule has 1 aliphatic heterocycles. The molecule has 25 heavy (non-hydrogen) atoms. The highest BCUT2D eigenvalue weighted by molar-refractivity contribution is 7.93. The first-order valence-electron chi connectivity index (χ1n) is 8.39. The number of nitrogens with one attached hydrogen (secondary N) is 1. The first kappa shape index (κ1) is 17.5. The van der Waals surface area contributed by atoms with Crippen molar-refractivity contribution in [1.82, 2.24) is 5.32 Å². The lowest BCUT2D eigenvalue weighted by Gasteiger charge is -2.17. The van der Waals surface area contributed by atoms with Crippen LogP contribution in [-0.2, 0) is 16.4 Å². The molecule has 1 atom stereocenters. The van der Waals surface area contributed by atoms with Crippen molar-refractivity contribution in [3.05, 3.63) is 54.0 Å². The van der Waals surface area contributed by atoms with Gasteiger partial charge in [0, 0.05) is 24.6 Å². The highest BCUT2D eigenvalue weighted by atomic mass is 32.2. The van der Waals surface area contributed by atoms with Gasteiger partial charge in [0.25, 0.3) is 5.91 Å². The van der Waals surface area contributed by atoms with Gasteiger partial charge in [0.2, 0.25) is 10.0 Å². The number of nitrogens with zero attached hydrogens (tertiary/aromatic N) is 1. The molecule has 1 aromatic carbocycles. The van der Waals surface area contributed by atoms with Crippen LogP contribution in [-0.4, -0.2) is 32.7 Å². The van der Waals surface area contributed by atoms with E-state index in [1.165, 1.54) is 4.31 Å². The van der Waals surface area contributed by atoms with E-state index in [9.17, 15) is 13.2 Å². The Morgan fingerprint density at radius 1 is 1.28 bits per heavy atom. The lowest BCUT2D eigenvalue weighted by Crippen LogP contribution is -2.33. The maximum absolute atomic E-state index is 12.3. The van der Waals surface area contributed by atoms with Gasteiger partial charge in [-0.25, -0.2) is 8.42 Å².